The zero-order chi connectivity index (χ0) is 40.4. The lowest BCUT2D eigenvalue weighted by Crippen LogP contribution is -2.75. The van der Waals surface area contributed by atoms with E-state index in [0.29, 0.717) is 12.0 Å². The van der Waals surface area contributed by atoms with Gasteiger partial charge in [-0.3, -0.25) is 24.2 Å². The predicted molar refractivity (Wildman–Crippen MR) is 219 cm³/mol. The standard InChI is InChI=1S/C45H49N7O5/c1-5-24-49-29-42(55)50-39(25-32-14-21-36(53)22-15-32)45(57)48(28-40(50)52(49)41(54)23-16-31-10-7-6-8-11-31)26-35-12-9-13-37-38(27-47(4)43(35)37)33-17-19-34(20-18-33)44(56)51(46)30(2)3/h5-15,17-22,27,30,39-40,53H,1,16,23-26,28-29,46H2,2-4H3/t39-,40-/m0/s1. The van der Waals surface area contributed by atoms with Crippen LogP contribution in [0.2, 0.25) is 0 Å². The molecule has 5 aromatic rings. The van der Waals surface area contributed by atoms with Crippen molar-refractivity contribution in [2.24, 2.45) is 12.9 Å². The third kappa shape index (κ3) is 7.91. The third-order valence-corrected chi connectivity index (χ3v) is 10.9. The number of para-hydroxylation sites is 1. The second kappa shape index (κ2) is 16.5. The van der Waals surface area contributed by atoms with Gasteiger partial charge in [0.1, 0.15) is 18.0 Å². The highest BCUT2D eigenvalue weighted by Crippen LogP contribution is 2.35. The summed E-state index contributed by atoms with van der Waals surface area (Å²) in [4.78, 5) is 59.3. The van der Waals surface area contributed by atoms with Crippen LogP contribution in [0.25, 0.3) is 22.0 Å². The minimum Gasteiger partial charge on any atom is -0.508 e. The van der Waals surface area contributed by atoms with Gasteiger partial charge < -0.3 is 19.5 Å². The van der Waals surface area contributed by atoms with Crippen molar-refractivity contribution in [3.05, 3.63) is 138 Å². The van der Waals surface area contributed by atoms with Gasteiger partial charge >= 0.3 is 0 Å². The minimum absolute atomic E-state index is 0.0677. The number of aromatic nitrogens is 1. The SMILES string of the molecule is C=CCN1CC(=O)N2[C@@H](Cc3ccc(O)cc3)C(=O)N(Cc3cccc4c(-c5ccc(C(=O)N(N)C(C)C)cc5)cn(C)c34)C[C@@H]2N1C(=O)CCc1ccccc1. The highest BCUT2D eigenvalue weighted by Gasteiger charge is 2.51. The molecule has 2 saturated heterocycles. The van der Waals surface area contributed by atoms with Crippen LogP contribution in [0.5, 0.6) is 5.75 Å². The predicted octanol–water partition coefficient (Wildman–Crippen LogP) is 5.26. The van der Waals surface area contributed by atoms with E-state index in [0.717, 1.165) is 38.7 Å². The van der Waals surface area contributed by atoms with Crippen molar-refractivity contribution < 1.29 is 24.3 Å². The fourth-order valence-corrected chi connectivity index (χ4v) is 8.06. The monoisotopic (exact) mass is 767 g/mol. The van der Waals surface area contributed by atoms with Crippen LogP contribution in [0.1, 0.15) is 47.3 Å². The van der Waals surface area contributed by atoms with Gasteiger partial charge in [-0.05, 0) is 66.8 Å². The van der Waals surface area contributed by atoms with E-state index in [1.807, 2.05) is 92.3 Å². The number of aromatic hydroxyl groups is 1. The van der Waals surface area contributed by atoms with E-state index in [1.165, 1.54) is 5.01 Å². The fraction of sp³-hybridized carbons (Fsp3) is 0.289. The highest BCUT2D eigenvalue weighted by molar-refractivity contribution is 5.99. The van der Waals surface area contributed by atoms with Crippen LogP contribution in [-0.2, 0) is 40.8 Å². The lowest BCUT2D eigenvalue weighted by atomic mass is 9.97. The molecule has 4 aromatic carbocycles. The quantitative estimate of drug-likeness (QED) is 0.0766. The Bertz CT molecular complexity index is 2290. The molecule has 57 heavy (non-hydrogen) atoms. The lowest BCUT2D eigenvalue weighted by molar-refractivity contribution is -0.205. The van der Waals surface area contributed by atoms with Gasteiger partial charge in [0.05, 0.1) is 18.6 Å². The van der Waals surface area contributed by atoms with Crippen LogP contribution in [-0.4, -0.2) is 96.0 Å². The summed E-state index contributed by atoms with van der Waals surface area (Å²) < 4.78 is 2.05. The first kappa shape index (κ1) is 39.0. The molecule has 0 unspecified atom stereocenters. The molecule has 3 N–H and O–H groups in total. The molecular formula is C45H49N7O5. The maximum absolute atomic E-state index is 14.7. The molecule has 12 heteroatoms. The summed E-state index contributed by atoms with van der Waals surface area (Å²) in [5.74, 6) is 5.23. The molecule has 0 spiro atoms. The van der Waals surface area contributed by atoms with Crippen LogP contribution < -0.4 is 5.84 Å². The summed E-state index contributed by atoms with van der Waals surface area (Å²) in [7, 11) is 1.97. The van der Waals surface area contributed by atoms with Crippen molar-refractivity contribution in [1.82, 2.24) is 29.4 Å². The number of hydrogen-bond acceptors (Lipinski definition) is 7. The number of benzene rings is 4. The molecule has 3 heterocycles. The Hall–Kier alpha value is -6.24. The summed E-state index contributed by atoms with van der Waals surface area (Å²) >= 11 is 0. The van der Waals surface area contributed by atoms with Crippen molar-refractivity contribution in [3.63, 3.8) is 0 Å². The molecule has 2 aliphatic rings. The zero-order valence-corrected chi connectivity index (χ0v) is 32.6. The topological polar surface area (TPSA) is 136 Å². The number of nitrogens with zero attached hydrogens (tertiary/aromatic N) is 6. The van der Waals surface area contributed by atoms with Crippen molar-refractivity contribution in [1.29, 1.82) is 0 Å². The van der Waals surface area contributed by atoms with Gasteiger partial charge in [-0.2, -0.15) is 0 Å². The van der Waals surface area contributed by atoms with Gasteiger partial charge in [0.15, 0.2) is 0 Å². The average molecular weight is 768 g/mol. The maximum Gasteiger partial charge on any atom is 0.268 e. The molecule has 2 atom stereocenters. The molecule has 12 nitrogen and oxygen atoms in total. The Kier molecular flexibility index (Phi) is 11.3. The first-order valence-electron chi connectivity index (χ1n) is 19.3. The van der Waals surface area contributed by atoms with E-state index >= 15 is 0 Å². The first-order chi connectivity index (χ1) is 27.4. The lowest BCUT2D eigenvalue weighted by Gasteiger charge is -2.55. The molecule has 0 saturated carbocycles. The van der Waals surface area contributed by atoms with Crippen LogP contribution in [0.4, 0.5) is 0 Å². The summed E-state index contributed by atoms with van der Waals surface area (Å²) in [6.07, 6.45) is 3.92. The summed E-state index contributed by atoms with van der Waals surface area (Å²) in [5, 5.41) is 15.6. The van der Waals surface area contributed by atoms with Crippen molar-refractivity contribution in [2.45, 2.75) is 57.9 Å². The highest BCUT2D eigenvalue weighted by atomic mass is 16.3. The van der Waals surface area contributed by atoms with Crippen LogP contribution >= 0.6 is 0 Å². The number of phenols is 1. The Morgan fingerprint density at radius 3 is 2.35 bits per heavy atom. The largest absolute Gasteiger partial charge is 0.508 e. The van der Waals surface area contributed by atoms with E-state index in [2.05, 4.69) is 6.58 Å². The molecule has 2 aliphatic heterocycles. The Labute approximate surface area is 332 Å². The van der Waals surface area contributed by atoms with Gasteiger partial charge in [-0.25, -0.2) is 15.9 Å². The molecule has 7 rings (SSSR count). The number of phenolic OH excluding ortho intramolecular Hbond substituents is 1. The van der Waals surface area contributed by atoms with E-state index in [-0.39, 0.29) is 74.4 Å². The number of fused-ring (bicyclic) bond motifs is 2. The van der Waals surface area contributed by atoms with Gasteiger partial charge in [0.25, 0.3) is 5.91 Å². The van der Waals surface area contributed by atoms with Crippen LogP contribution in [0, 0.1) is 0 Å². The van der Waals surface area contributed by atoms with E-state index in [1.54, 1.807) is 62.3 Å². The normalized spacial score (nSPS) is 17.3. The fourth-order valence-electron chi connectivity index (χ4n) is 8.06. The number of hydrazine groups is 2. The van der Waals surface area contributed by atoms with Crippen molar-refractivity contribution in [3.8, 4) is 16.9 Å². The Morgan fingerprint density at radius 1 is 0.947 bits per heavy atom. The van der Waals surface area contributed by atoms with E-state index in [9.17, 15) is 24.3 Å². The number of nitrogens with two attached hydrogens (primary N) is 1. The molecule has 0 aliphatic carbocycles. The minimum atomic E-state index is -0.888. The second-order valence-corrected chi connectivity index (χ2v) is 15.1. The molecule has 4 amide bonds. The number of aryl methyl sites for hydroxylation is 2. The number of hydrogen-bond donors (Lipinski definition) is 2. The summed E-state index contributed by atoms with van der Waals surface area (Å²) in [5.41, 5.74) is 6.04. The number of amides is 4. The number of carbonyl (C=O) groups excluding carboxylic acids is 4. The van der Waals surface area contributed by atoms with Gasteiger partial charge in [0, 0.05) is 61.7 Å². The molecular weight excluding hydrogens is 719 g/mol. The van der Waals surface area contributed by atoms with Gasteiger partial charge in [-0.15, -0.1) is 6.58 Å². The summed E-state index contributed by atoms with van der Waals surface area (Å²) in [6, 6.07) is 28.8. The van der Waals surface area contributed by atoms with Gasteiger partial charge in [-0.1, -0.05) is 78.9 Å². The van der Waals surface area contributed by atoms with Crippen LogP contribution in [0.3, 0.4) is 0 Å². The van der Waals surface area contributed by atoms with Crippen LogP contribution in [0.15, 0.2) is 116 Å². The summed E-state index contributed by atoms with van der Waals surface area (Å²) in [6.45, 7) is 8.19. The van der Waals surface area contributed by atoms with E-state index < -0.39 is 12.2 Å². The molecule has 0 radical (unpaired) electrons. The zero-order valence-electron chi connectivity index (χ0n) is 32.6. The molecule has 0 bridgehead atoms. The Morgan fingerprint density at radius 2 is 1.67 bits per heavy atom. The molecule has 294 valence electrons. The maximum atomic E-state index is 14.7. The molecule has 2 fully saturated rings. The van der Waals surface area contributed by atoms with E-state index in [4.69, 9.17) is 5.84 Å². The van der Waals surface area contributed by atoms with Crippen molar-refractivity contribution in [2.75, 3.05) is 19.6 Å². The first-order valence-corrected chi connectivity index (χ1v) is 19.3. The second-order valence-electron chi connectivity index (χ2n) is 15.1. The van der Waals surface area contributed by atoms with Crippen molar-refractivity contribution >= 4 is 34.5 Å². The third-order valence-electron chi connectivity index (χ3n) is 10.9. The molecule has 1 aromatic heterocycles. The number of rotatable bonds is 12. The smallest absolute Gasteiger partial charge is 0.268 e. The number of piperazine rings is 1. The average Bonchev–Trinajstić information content (AvgIpc) is 3.56. The number of carbonyl (C=O) groups is 4. The Balaban J connectivity index is 1.24. The van der Waals surface area contributed by atoms with Gasteiger partial charge in [0.2, 0.25) is 17.7 Å².